The molecule has 24 heavy (non-hydrogen) atoms. The van der Waals surface area contributed by atoms with Gasteiger partial charge in [-0.2, -0.15) is 8.42 Å². The zero-order valence-corrected chi connectivity index (χ0v) is 16.6. The molecule has 0 heterocycles. The molecule has 0 atom stereocenters. The van der Waals surface area contributed by atoms with Gasteiger partial charge < -0.3 is 0 Å². The summed E-state index contributed by atoms with van der Waals surface area (Å²) in [5.41, 5.74) is 2.31. The molecule has 0 bridgehead atoms. The van der Waals surface area contributed by atoms with Gasteiger partial charge in [0.2, 0.25) is 0 Å². The van der Waals surface area contributed by atoms with Crippen molar-refractivity contribution in [1.29, 1.82) is 0 Å². The van der Waals surface area contributed by atoms with E-state index in [2.05, 4.69) is 13.8 Å². The molecule has 0 spiro atoms. The number of hydrogen-bond acceptors (Lipinski definition) is 2. The predicted octanol–water partition coefficient (Wildman–Crippen LogP) is 5.87. The molecule has 3 nitrogen and oxygen atoms in total. The SMILES string of the molecule is Cc1ccc(CCCCCCCCCC(C)C)c(S(=O)(=O)O)c1C. The Kier molecular flexibility index (Phi) is 8.99. The number of unbranched alkanes of at least 4 members (excludes halogenated alkanes) is 6. The van der Waals surface area contributed by atoms with Gasteiger partial charge in [0.15, 0.2) is 0 Å². The van der Waals surface area contributed by atoms with Gasteiger partial charge in [0.1, 0.15) is 4.90 Å². The maximum atomic E-state index is 11.7. The second kappa shape index (κ2) is 10.2. The molecule has 0 aliphatic rings. The molecule has 1 rings (SSSR count). The zero-order chi connectivity index (χ0) is 18.2. The van der Waals surface area contributed by atoms with Crippen LogP contribution >= 0.6 is 0 Å². The van der Waals surface area contributed by atoms with Crippen LogP contribution in [0, 0.1) is 19.8 Å². The third-order valence-electron chi connectivity index (χ3n) is 4.74. The Morgan fingerprint density at radius 3 is 2.00 bits per heavy atom. The first-order valence-corrected chi connectivity index (χ1v) is 10.7. The molecule has 4 heteroatoms. The first kappa shape index (κ1) is 21.2. The smallest absolute Gasteiger partial charge is 0.282 e. The second-order valence-corrected chi connectivity index (χ2v) is 8.74. The van der Waals surface area contributed by atoms with Gasteiger partial charge in [-0.05, 0) is 49.3 Å². The van der Waals surface area contributed by atoms with Crippen molar-refractivity contribution in [3.05, 3.63) is 28.8 Å². The third-order valence-corrected chi connectivity index (χ3v) is 5.83. The minimum Gasteiger partial charge on any atom is -0.282 e. The van der Waals surface area contributed by atoms with Crippen molar-refractivity contribution < 1.29 is 13.0 Å². The molecule has 1 aromatic carbocycles. The average molecular weight is 355 g/mol. The minimum absolute atomic E-state index is 0.121. The number of aryl methyl sites for hydroxylation is 2. The van der Waals surface area contributed by atoms with E-state index >= 15 is 0 Å². The maximum Gasteiger partial charge on any atom is 0.295 e. The summed E-state index contributed by atoms with van der Waals surface area (Å²) < 4.78 is 32.8. The fraction of sp³-hybridized carbons (Fsp3) is 0.700. The first-order chi connectivity index (χ1) is 11.2. The topological polar surface area (TPSA) is 54.4 Å². The molecule has 0 saturated carbocycles. The van der Waals surface area contributed by atoms with Crippen LogP contribution in [0.3, 0.4) is 0 Å². The average Bonchev–Trinajstić information content (AvgIpc) is 2.47. The van der Waals surface area contributed by atoms with E-state index in [1.54, 1.807) is 6.92 Å². The molecule has 1 aromatic rings. The van der Waals surface area contributed by atoms with E-state index < -0.39 is 10.1 Å². The van der Waals surface area contributed by atoms with Gasteiger partial charge in [-0.3, -0.25) is 4.55 Å². The summed E-state index contributed by atoms with van der Waals surface area (Å²) in [4.78, 5) is 0.121. The summed E-state index contributed by atoms with van der Waals surface area (Å²) >= 11 is 0. The minimum atomic E-state index is -4.15. The summed E-state index contributed by atoms with van der Waals surface area (Å²) in [5.74, 6) is 0.806. The summed E-state index contributed by atoms with van der Waals surface area (Å²) in [6.45, 7) is 8.17. The molecule has 0 saturated heterocycles. The van der Waals surface area contributed by atoms with Crippen molar-refractivity contribution in [2.45, 2.75) is 90.4 Å². The van der Waals surface area contributed by atoms with E-state index in [4.69, 9.17) is 0 Å². The molecule has 0 aliphatic heterocycles. The lowest BCUT2D eigenvalue weighted by molar-refractivity contribution is 0.480. The highest BCUT2D eigenvalue weighted by Crippen LogP contribution is 2.25. The zero-order valence-electron chi connectivity index (χ0n) is 15.8. The molecule has 0 aliphatic carbocycles. The quantitative estimate of drug-likeness (QED) is 0.399. The van der Waals surface area contributed by atoms with Gasteiger partial charge in [-0.1, -0.05) is 70.9 Å². The monoisotopic (exact) mass is 354 g/mol. The molecular formula is C20H34O3S. The van der Waals surface area contributed by atoms with Crippen LogP contribution in [-0.4, -0.2) is 13.0 Å². The lowest BCUT2D eigenvalue weighted by Crippen LogP contribution is -2.07. The fourth-order valence-electron chi connectivity index (χ4n) is 3.15. The van der Waals surface area contributed by atoms with Crippen molar-refractivity contribution in [2.24, 2.45) is 5.92 Å². The number of rotatable bonds is 11. The number of hydrogen-bond donors (Lipinski definition) is 1. The van der Waals surface area contributed by atoms with Gasteiger partial charge in [0, 0.05) is 0 Å². The Bertz CT molecular complexity index is 604. The van der Waals surface area contributed by atoms with Crippen LogP contribution in [0.5, 0.6) is 0 Å². The van der Waals surface area contributed by atoms with Crippen LogP contribution in [0.1, 0.15) is 81.9 Å². The van der Waals surface area contributed by atoms with Crippen molar-refractivity contribution in [1.82, 2.24) is 0 Å². The normalized spacial score (nSPS) is 12.1. The summed E-state index contributed by atoms with van der Waals surface area (Å²) in [5, 5.41) is 0. The van der Waals surface area contributed by atoms with E-state index in [0.29, 0.717) is 12.0 Å². The standard InChI is InChI=1S/C20H34O3S/c1-16(2)12-10-8-6-5-7-9-11-13-19-15-14-17(3)18(4)20(19)24(21,22)23/h14-16H,5-13H2,1-4H3,(H,21,22,23). The highest BCUT2D eigenvalue weighted by molar-refractivity contribution is 7.86. The van der Waals surface area contributed by atoms with Crippen LogP contribution in [0.2, 0.25) is 0 Å². The lowest BCUT2D eigenvalue weighted by atomic mass is 10.00. The molecule has 0 amide bonds. The van der Waals surface area contributed by atoms with Crippen LogP contribution in [0.15, 0.2) is 17.0 Å². The third kappa shape index (κ3) is 7.35. The molecule has 0 fully saturated rings. The van der Waals surface area contributed by atoms with Crippen molar-refractivity contribution >= 4 is 10.1 Å². The van der Waals surface area contributed by atoms with Crippen molar-refractivity contribution in [3.8, 4) is 0 Å². The molecule has 1 N–H and O–H groups in total. The summed E-state index contributed by atoms with van der Waals surface area (Å²) in [7, 11) is -4.15. The van der Waals surface area contributed by atoms with E-state index in [0.717, 1.165) is 29.9 Å². The molecular weight excluding hydrogens is 320 g/mol. The second-order valence-electron chi connectivity index (χ2n) is 7.38. The lowest BCUT2D eigenvalue weighted by Gasteiger charge is -2.12. The Labute approximate surface area is 148 Å². The van der Waals surface area contributed by atoms with Crippen LogP contribution in [0.4, 0.5) is 0 Å². The van der Waals surface area contributed by atoms with Gasteiger partial charge in [0.05, 0.1) is 0 Å². The maximum absolute atomic E-state index is 11.7. The van der Waals surface area contributed by atoms with E-state index in [9.17, 15) is 13.0 Å². The predicted molar refractivity (Wildman–Crippen MR) is 101 cm³/mol. The molecule has 0 unspecified atom stereocenters. The highest BCUT2D eigenvalue weighted by Gasteiger charge is 2.19. The Morgan fingerprint density at radius 2 is 1.46 bits per heavy atom. The Balaban J connectivity index is 2.37. The van der Waals surface area contributed by atoms with Gasteiger partial charge in [-0.25, -0.2) is 0 Å². The van der Waals surface area contributed by atoms with Gasteiger partial charge in [-0.15, -0.1) is 0 Å². The summed E-state index contributed by atoms with van der Waals surface area (Å²) in [6.07, 6.45) is 10.5. The van der Waals surface area contributed by atoms with Crippen LogP contribution in [-0.2, 0) is 16.5 Å². The van der Waals surface area contributed by atoms with Crippen molar-refractivity contribution in [2.75, 3.05) is 0 Å². The number of benzene rings is 1. The van der Waals surface area contributed by atoms with E-state index in [-0.39, 0.29) is 4.90 Å². The highest BCUT2D eigenvalue weighted by atomic mass is 32.2. The molecule has 0 aromatic heterocycles. The van der Waals surface area contributed by atoms with Gasteiger partial charge >= 0.3 is 0 Å². The molecule has 138 valence electrons. The Hall–Kier alpha value is -0.870. The first-order valence-electron chi connectivity index (χ1n) is 9.30. The summed E-state index contributed by atoms with van der Waals surface area (Å²) in [6, 6.07) is 3.78. The van der Waals surface area contributed by atoms with Crippen LogP contribution < -0.4 is 0 Å². The largest absolute Gasteiger partial charge is 0.295 e. The van der Waals surface area contributed by atoms with E-state index in [1.807, 2.05) is 19.1 Å². The molecule has 0 radical (unpaired) electrons. The van der Waals surface area contributed by atoms with E-state index in [1.165, 1.54) is 38.5 Å². The van der Waals surface area contributed by atoms with Crippen LogP contribution in [0.25, 0.3) is 0 Å². The van der Waals surface area contributed by atoms with Crippen molar-refractivity contribution in [3.63, 3.8) is 0 Å². The Morgan fingerprint density at radius 1 is 0.917 bits per heavy atom. The fourth-order valence-corrected chi connectivity index (χ4v) is 4.20. The van der Waals surface area contributed by atoms with Gasteiger partial charge in [0.25, 0.3) is 10.1 Å².